The molecule has 0 saturated carbocycles. The predicted molar refractivity (Wildman–Crippen MR) is 66.5 cm³/mol. The van der Waals surface area contributed by atoms with Gasteiger partial charge in [-0.1, -0.05) is 6.92 Å². The smallest absolute Gasteiger partial charge is 0.408 e. The van der Waals surface area contributed by atoms with Crippen LogP contribution in [0.25, 0.3) is 0 Å². The number of ketones is 1. The van der Waals surface area contributed by atoms with E-state index in [4.69, 9.17) is 9.15 Å². The lowest BCUT2D eigenvalue weighted by atomic mass is 10.1. The largest absolute Gasteiger partial charge is 0.461 e. The maximum absolute atomic E-state index is 12.0. The first kappa shape index (κ1) is 14.3. The van der Waals surface area contributed by atoms with Gasteiger partial charge in [-0.25, -0.2) is 4.79 Å². The molecule has 100 valence electrons. The van der Waals surface area contributed by atoms with Crippen LogP contribution in [0.2, 0.25) is 0 Å². The van der Waals surface area contributed by atoms with Crippen molar-refractivity contribution < 1.29 is 18.7 Å². The number of hydrogen-bond acceptors (Lipinski definition) is 4. The number of ether oxygens (including phenoxy) is 1. The zero-order valence-electron chi connectivity index (χ0n) is 11.1. The molecule has 0 bridgehead atoms. The van der Waals surface area contributed by atoms with Crippen LogP contribution in [0.1, 0.15) is 44.7 Å². The van der Waals surface area contributed by atoms with Crippen molar-refractivity contribution in [2.24, 2.45) is 0 Å². The van der Waals surface area contributed by atoms with E-state index in [1.807, 2.05) is 6.92 Å². The lowest BCUT2D eigenvalue weighted by Gasteiger charge is -2.22. The number of Topliss-reactive ketones (excluding diaryl/α,β-unsaturated/α-hetero) is 1. The molecule has 0 aliphatic rings. The molecule has 1 N–H and O–H groups in total. The SMILES string of the molecule is CCC(NC(=O)OC(C)(C)C)C(=O)c1ccco1. The second kappa shape index (κ2) is 5.71. The third kappa shape index (κ3) is 4.24. The van der Waals surface area contributed by atoms with Crippen LogP contribution in [0.3, 0.4) is 0 Å². The topological polar surface area (TPSA) is 68.5 Å². The van der Waals surface area contributed by atoms with Crippen LogP contribution in [0.5, 0.6) is 0 Å². The third-order valence-corrected chi connectivity index (χ3v) is 2.18. The van der Waals surface area contributed by atoms with Crippen LogP contribution in [-0.4, -0.2) is 23.5 Å². The van der Waals surface area contributed by atoms with Gasteiger partial charge < -0.3 is 14.5 Å². The number of rotatable bonds is 4. The average Bonchev–Trinajstić information content (AvgIpc) is 2.75. The molecule has 0 saturated heterocycles. The van der Waals surface area contributed by atoms with Crippen LogP contribution in [0, 0.1) is 0 Å². The van der Waals surface area contributed by atoms with E-state index in [-0.39, 0.29) is 11.5 Å². The zero-order chi connectivity index (χ0) is 13.8. The molecule has 1 aromatic heterocycles. The van der Waals surface area contributed by atoms with Crippen molar-refractivity contribution in [2.45, 2.75) is 45.8 Å². The Bertz CT molecular complexity index is 403. The first-order valence-electron chi connectivity index (χ1n) is 5.90. The van der Waals surface area contributed by atoms with Crippen LogP contribution in [-0.2, 0) is 4.74 Å². The summed E-state index contributed by atoms with van der Waals surface area (Å²) in [6.45, 7) is 7.11. The Morgan fingerprint density at radius 2 is 2.11 bits per heavy atom. The molecule has 0 radical (unpaired) electrons. The van der Waals surface area contributed by atoms with Gasteiger partial charge >= 0.3 is 6.09 Å². The van der Waals surface area contributed by atoms with Gasteiger partial charge in [-0.05, 0) is 39.3 Å². The maximum Gasteiger partial charge on any atom is 0.408 e. The zero-order valence-corrected chi connectivity index (χ0v) is 11.1. The normalized spacial score (nSPS) is 12.9. The highest BCUT2D eigenvalue weighted by Crippen LogP contribution is 2.10. The summed E-state index contributed by atoms with van der Waals surface area (Å²) < 4.78 is 10.1. The Kier molecular flexibility index (Phi) is 4.53. The van der Waals surface area contributed by atoms with Crippen molar-refractivity contribution >= 4 is 11.9 Å². The molecule has 18 heavy (non-hydrogen) atoms. The molecule has 1 atom stereocenters. The molecular formula is C13H19NO4. The number of alkyl carbamates (subject to hydrolysis) is 1. The van der Waals surface area contributed by atoms with Gasteiger partial charge in [0.05, 0.1) is 12.3 Å². The van der Waals surface area contributed by atoms with Crippen molar-refractivity contribution in [3.05, 3.63) is 24.2 Å². The number of carbonyl (C=O) groups is 2. The van der Waals surface area contributed by atoms with Crippen molar-refractivity contribution in [1.82, 2.24) is 5.32 Å². The van der Waals surface area contributed by atoms with Gasteiger partial charge in [0.1, 0.15) is 5.60 Å². The quantitative estimate of drug-likeness (QED) is 0.838. The Balaban J connectivity index is 2.63. The van der Waals surface area contributed by atoms with Crippen LogP contribution >= 0.6 is 0 Å². The lowest BCUT2D eigenvalue weighted by molar-refractivity contribution is 0.0488. The molecule has 1 aromatic rings. The molecule has 0 spiro atoms. The molecule has 0 fully saturated rings. The van der Waals surface area contributed by atoms with Gasteiger partial charge in [0, 0.05) is 0 Å². The lowest BCUT2D eigenvalue weighted by Crippen LogP contribution is -2.43. The van der Waals surface area contributed by atoms with E-state index in [1.54, 1.807) is 32.9 Å². The number of amides is 1. The van der Waals surface area contributed by atoms with Gasteiger partial charge in [0.25, 0.3) is 0 Å². The molecule has 1 rings (SSSR count). The monoisotopic (exact) mass is 253 g/mol. The Morgan fingerprint density at radius 3 is 2.56 bits per heavy atom. The fraction of sp³-hybridized carbons (Fsp3) is 0.538. The summed E-state index contributed by atoms with van der Waals surface area (Å²) in [5, 5.41) is 2.54. The standard InChI is InChI=1S/C13H19NO4/c1-5-9(11(15)10-7-6-8-17-10)14-12(16)18-13(2,3)4/h6-9H,5H2,1-4H3,(H,14,16). The van der Waals surface area contributed by atoms with E-state index >= 15 is 0 Å². The van der Waals surface area contributed by atoms with E-state index in [9.17, 15) is 9.59 Å². The Morgan fingerprint density at radius 1 is 1.44 bits per heavy atom. The van der Waals surface area contributed by atoms with E-state index in [0.29, 0.717) is 6.42 Å². The second-order valence-electron chi connectivity index (χ2n) is 4.95. The van der Waals surface area contributed by atoms with Gasteiger partial charge in [-0.3, -0.25) is 4.79 Å². The Hall–Kier alpha value is -1.78. The molecule has 0 aliphatic carbocycles. The van der Waals surface area contributed by atoms with Crippen LogP contribution < -0.4 is 5.32 Å². The van der Waals surface area contributed by atoms with Crippen molar-refractivity contribution in [2.75, 3.05) is 0 Å². The predicted octanol–water partition coefficient (Wildman–Crippen LogP) is 2.77. The van der Waals surface area contributed by atoms with E-state index in [0.717, 1.165) is 0 Å². The van der Waals surface area contributed by atoms with Gasteiger partial charge in [0.2, 0.25) is 5.78 Å². The molecule has 5 heteroatoms. The summed E-state index contributed by atoms with van der Waals surface area (Å²) in [4.78, 5) is 23.6. The summed E-state index contributed by atoms with van der Waals surface area (Å²) >= 11 is 0. The van der Waals surface area contributed by atoms with Crippen LogP contribution in [0.4, 0.5) is 4.79 Å². The third-order valence-electron chi connectivity index (χ3n) is 2.18. The fourth-order valence-corrected chi connectivity index (χ4v) is 1.39. The minimum atomic E-state index is -0.633. The molecule has 0 aromatic carbocycles. The summed E-state index contributed by atoms with van der Waals surface area (Å²) in [5.74, 6) is -0.0220. The van der Waals surface area contributed by atoms with Crippen molar-refractivity contribution in [3.63, 3.8) is 0 Å². The Labute approximate surface area is 106 Å². The summed E-state index contributed by atoms with van der Waals surface area (Å²) in [7, 11) is 0. The summed E-state index contributed by atoms with van der Waals surface area (Å²) in [6.07, 6.45) is 1.29. The van der Waals surface area contributed by atoms with Gasteiger partial charge in [0.15, 0.2) is 5.76 Å². The first-order valence-corrected chi connectivity index (χ1v) is 5.90. The molecule has 1 heterocycles. The summed E-state index contributed by atoms with van der Waals surface area (Å²) in [5.41, 5.74) is -0.587. The van der Waals surface area contributed by atoms with Gasteiger partial charge in [-0.15, -0.1) is 0 Å². The highest BCUT2D eigenvalue weighted by molar-refractivity contribution is 5.99. The van der Waals surface area contributed by atoms with E-state index in [1.165, 1.54) is 6.26 Å². The minimum absolute atomic E-state index is 0.234. The van der Waals surface area contributed by atoms with E-state index < -0.39 is 17.7 Å². The molecule has 1 amide bonds. The van der Waals surface area contributed by atoms with Crippen molar-refractivity contribution in [1.29, 1.82) is 0 Å². The number of carbonyl (C=O) groups excluding carboxylic acids is 2. The molecule has 0 aliphatic heterocycles. The van der Waals surface area contributed by atoms with Crippen LogP contribution in [0.15, 0.2) is 22.8 Å². The van der Waals surface area contributed by atoms with Gasteiger partial charge in [-0.2, -0.15) is 0 Å². The van der Waals surface area contributed by atoms with Crippen molar-refractivity contribution in [3.8, 4) is 0 Å². The average molecular weight is 253 g/mol. The molecule has 5 nitrogen and oxygen atoms in total. The number of nitrogens with one attached hydrogen (secondary N) is 1. The highest BCUT2D eigenvalue weighted by Gasteiger charge is 2.25. The number of hydrogen-bond donors (Lipinski definition) is 1. The second-order valence-corrected chi connectivity index (χ2v) is 4.95. The fourth-order valence-electron chi connectivity index (χ4n) is 1.39. The summed E-state index contributed by atoms with van der Waals surface area (Å²) in [6, 6.07) is 2.57. The molecule has 1 unspecified atom stereocenters. The van der Waals surface area contributed by atoms with E-state index in [2.05, 4.69) is 5.32 Å². The molecular weight excluding hydrogens is 234 g/mol. The minimum Gasteiger partial charge on any atom is -0.461 e. The maximum atomic E-state index is 12.0. The highest BCUT2D eigenvalue weighted by atomic mass is 16.6. The first-order chi connectivity index (χ1) is 8.33. The number of furan rings is 1.